The van der Waals surface area contributed by atoms with Crippen molar-refractivity contribution in [2.45, 2.75) is 13.3 Å². The van der Waals surface area contributed by atoms with E-state index in [4.69, 9.17) is 5.21 Å². The molecule has 0 aliphatic carbocycles. The zero-order chi connectivity index (χ0) is 4.12. The molecule has 1 N–H and O–H groups in total. The fraction of sp³-hybridized carbons (Fsp3) is 0.667. The van der Waals surface area contributed by atoms with Crippen LogP contribution in [0.5, 0.6) is 0 Å². The van der Waals surface area contributed by atoms with Gasteiger partial charge in [-0.15, -0.1) is 5.16 Å². The molecule has 0 saturated heterocycles. The molecule has 2 nitrogen and oxygen atoms in total. The largest absolute Gasteiger partial charge is 0.411 e. The van der Waals surface area contributed by atoms with Crippen molar-refractivity contribution in [2.24, 2.45) is 5.16 Å². The Hall–Kier alpha value is -0.530. The maximum absolute atomic E-state index is 7.64. The van der Waals surface area contributed by atoms with Crippen molar-refractivity contribution in [3.05, 3.63) is 0 Å². The number of oxime groups is 1. The van der Waals surface area contributed by atoms with Gasteiger partial charge >= 0.3 is 0 Å². The van der Waals surface area contributed by atoms with Crippen LogP contribution in [0.2, 0.25) is 0 Å². The van der Waals surface area contributed by atoms with Crippen LogP contribution in [0.15, 0.2) is 5.16 Å². The summed E-state index contributed by atoms with van der Waals surface area (Å²) < 4.78 is 0. The summed E-state index contributed by atoms with van der Waals surface area (Å²) in [6.45, 7) is 1.90. The summed E-state index contributed by atoms with van der Waals surface area (Å²) in [6.07, 6.45) is 2.23. The lowest BCUT2D eigenvalue weighted by Crippen LogP contribution is -1.61. The third kappa shape index (κ3) is 3.47. The fourth-order valence-corrected chi connectivity index (χ4v) is 0.0816. The molecule has 0 aliphatic heterocycles. The number of hydrogen-bond acceptors (Lipinski definition) is 2. The van der Waals surface area contributed by atoms with Gasteiger partial charge in [0.05, 0.1) is 0 Å². The Morgan fingerprint density at radius 1 is 2.00 bits per heavy atom. The van der Waals surface area contributed by atoms with Gasteiger partial charge in [0, 0.05) is 6.21 Å². The third-order valence-electron chi connectivity index (χ3n) is 0.264. The molecule has 0 atom stereocenters. The Morgan fingerprint density at radius 3 is 2.60 bits per heavy atom. The molecule has 0 radical (unpaired) electrons. The number of rotatable bonds is 1. The van der Waals surface area contributed by atoms with Crippen LogP contribution in [0.1, 0.15) is 13.3 Å². The highest BCUT2D eigenvalue weighted by atomic mass is 16.4. The SMILES string of the molecule is CCC=NO. The van der Waals surface area contributed by atoms with Crippen molar-refractivity contribution in [1.29, 1.82) is 0 Å². The molecule has 0 aromatic carbocycles. The number of nitrogens with zero attached hydrogens (tertiary/aromatic N) is 1. The minimum atomic E-state index is 0.802. The van der Waals surface area contributed by atoms with Gasteiger partial charge in [0.1, 0.15) is 0 Å². The van der Waals surface area contributed by atoms with Gasteiger partial charge in [-0.05, 0) is 6.42 Å². The maximum Gasteiger partial charge on any atom is 0.0433 e. The van der Waals surface area contributed by atoms with Crippen LogP contribution in [-0.4, -0.2) is 11.4 Å². The number of hydrogen-bond donors (Lipinski definition) is 1. The smallest absolute Gasteiger partial charge is 0.0433 e. The van der Waals surface area contributed by atoms with Crippen molar-refractivity contribution in [3.63, 3.8) is 0 Å². The highest BCUT2D eigenvalue weighted by molar-refractivity contribution is 5.55. The summed E-state index contributed by atoms with van der Waals surface area (Å²) in [5, 5.41) is 10.4. The van der Waals surface area contributed by atoms with Crippen LogP contribution in [-0.2, 0) is 0 Å². The van der Waals surface area contributed by atoms with E-state index < -0.39 is 0 Å². The molecular formula is C3H7NO. The molecule has 0 bridgehead atoms. The van der Waals surface area contributed by atoms with Crippen LogP contribution < -0.4 is 0 Å². The Labute approximate surface area is 31.1 Å². The normalized spacial score (nSPS) is 9.80. The van der Waals surface area contributed by atoms with Gasteiger partial charge in [0.25, 0.3) is 0 Å². The predicted molar refractivity (Wildman–Crippen MR) is 20.6 cm³/mol. The summed E-state index contributed by atoms with van der Waals surface area (Å²) in [6, 6.07) is 0. The molecule has 0 fully saturated rings. The van der Waals surface area contributed by atoms with E-state index >= 15 is 0 Å². The van der Waals surface area contributed by atoms with Gasteiger partial charge < -0.3 is 5.21 Å². The average Bonchev–Trinajstić information content (AvgIpc) is 1.41. The van der Waals surface area contributed by atoms with Crippen molar-refractivity contribution < 1.29 is 5.21 Å². The molecule has 0 aliphatic rings. The molecule has 0 rings (SSSR count). The molecule has 2 heteroatoms. The minimum absolute atomic E-state index is 0.802. The van der Waals surface area contributed by atoms with Gasteiger partial charge in [-0.2, -0.15) is 0 Å². The van der Waals surface area contributed by atoms with Crippen LogP contribution >= 0.6 is 0 Å². The summed E-state index contributed by atoms with van der Waals surface area (Å²) in [5.41, 5.74) is 0. The van der Waals surface area contributed by atoms with E-state index in [1.54, 1.807) is 0 Å². The van der Waals surface area contributed by atoms with Crippen molar-refractivity contribution >= 4 is 6.21 Å². The molecule has 5 heavy (non-hydrogen) atoms. The Balaban J connectivity index is 2.62. The van der Waals surface area contributed by atoms with E-state index in [2.05, 4.69) is 5.16 Å². The molecule has 0 amide bonds. The third-order valence-corrected chi connectivity index (χ3v) is 0.264. The van der Waals surface area contributed by atoms with E-state index in [1.807, 2.05) is 6.92 Å². The van der Waals surface area contributed by atoms with Crippen LogP contribution in [0.3, 0.4) is 0 Å². The fourth-order valence-electron chi connectivity index (χ4n) is 0.0816. The second-order valence-electron chi connectivity index (χ2n) is 0.706. The first kappa shape index (κ1) is 4.47. The lowest BCUT2D eigenvalue weighted by atomic mass is 10.6. The van der Waals surface area contributed by atoms with E-state index in [0.717, 1.165) is 6.42 Å². The van der Waals surface area contributed by atoms with Gasteiger partial charge in [-0.25, -0.2) is 0 Å². The monoisotopic (exact) mass is 73.1 g/mol. The van der Waals surface area contributed by atoms with Crippen molar-refractivity contribution in [2.75, 3.05) is 0 Å². The first-order valence-electron chi connectivity index (χ1n) is 1.57. The van der Waals surface area contributed by atoms with Gasteiger partial charge in [-0.3, -0.25) is 0 Å². The summed E-state index contributed by atoms with van der Waals surface area (Å²) in [7, 11) is 0. The van der Waals surface area contributed by atoms with Crippen LogP contribution in [0, 0.1) is 0 Å². The van der Waals surface area contributed by atoms with Crippen molar-refractivity contribution in [1.82, 2.24) is 0 Å². The predicted octanol–water partition coefficient (Wildman–Crippen LogP) is 0.856. The highest BCUT2D eigenvalue weighted by Gasteiger charge is 1.55. The molecule has 30 valence electrons. The Kier molecular flexibility index (Phi) is 3.10. The molecular weight excluding hydrogens is 66.0 g/mol. The second-order valence-corrected chi connectivity index (χ2v) is 0.706. The topological polar surface area (TPSA) is 32.6 Å². The lowest BCUT2D eigenvalue weighted by Gasteiger charge is -1.64. The lowest BCUT2D eigenvalue weighted by molar-refractivity contribution is 0.320. The van der Waals surface area contributed by atoms with Crippen LogP contribution in [0.4, 0.5) is 0 Å². The minimum Gasteiger partial charge on any atom is -0.411 e. The van der Waals surface area contributed by atoms with Crippen molar-refractivity contribution in [3.8, 4) is 0 Å². The van der Waals surface area contributed by atoms with E-state index in [-0.39, 0.29) is 0 Å². The molecule has 0 spiro atoms. The molecule has 0 aromatic rings. The summed E-state index contributed by atoms with van der Waals surface area (Å²) in [5.74, 6) is 0. The van der Waals surface area contributed by atoms with E-state index in [9.17, 15) is 0 Å². The zero-order valence-corrected chi connectivity index (χ0v) is 3.18. The Bertz CT molecular complexity index is 33.9. The highest BCUT2D eigenvalue weighted by Crippen LogP contribution is 1.60. The zero-order valence-electron chi connectivity index (χ0n) is 3.18. The summed E-state index contributed by atoms with van der Waals surface area (Å²) in [4.78, 5) is 0. The Morgan fingerprint density at radius 2 is 2.60 bits per heavy atom. The molecule has 0 unspecified atom stereocenters. The quantitative estimate of drug-likeness (QED) is 0.278. The van der Waals surface area contributed by atoms with Crippen LogP contribution in [0.25, 0.3) is 0 Å². The van der Waals surface area contributed by atoms with Gasteiger partial charge in [0.2, 0.25) is 0 Å². The van der Waals surface area contributed by atoms with E-state index in [1.165, 1.54) is 6.21 Å². The van der Waals surface area contributed by atoms with Gasteiger partial charge in [-0.1, -0.05) is 6.92 Å². The average molecular weight is 73.1 g/mol. The molecule has 0 heterocycles. The maximum atomic E-state index is 7.64. The molecule has 0 saturated carbocycles. The first-order chi connectivity index (χ1) is 2.41. The van der Waals surface area contributed by atoms with Gasteiger partial charge in [0.15, 0.2) is 0 Å². The standard InChI is InChI=1S/C3H7NO/c1-2-3-4-5/h3,5H,2H2,1H3. The molecule has 0 aromatic heterocycles. The van der Waals surface area contributed by atoms with E-state index in [0.29, 0.717) is 0 Å². The first-order valence-corrected chi connectivity index (χ1v) is 1.57. The second kappa shape index (κ2) is 3.47. The summed E-state index contributed by atoms with van der Waals surface area (Å²) >= 11 is 0.